The van der Waals surface area contributed by atoms with E-state index >= 15 is 0 Å². The highest BCUT2D eigenvalue weighted by Crippen LogP contribution is 2.40. The fourth-order valence-corrected chi connectivity index (χ4v) is 2.64. The number of hydrogen-bond acceptors (Lipinski definition) is 4. The van der Waals surface area contributed by atoms with Crippen LogP contribution in [0.25, 0.3) is 22.5 Å². The number of benzene rings is 1. The molecule has 21 heavy (non-hydrogen) atoms. The van der Waals surface area contributed by atoms with Gasteiger partial charge in [0.1, 0.15) is 0 Å². The van der Waals surface area contributed by atoms with E-state index in [2.05, 4.69) is 10.1 Å². The number of nitrogens with zero attached hydrogens (tertiary/aromatic N) is 2. The lowest BCUT2D eigenvalue weighted by molar-refractivity contribution is 0.436. The van der Waals surface area contributed by atoms with Gasteiger partial charge in [-0.25, -0.2) is 0 Å². The van der Waals surface area contributed by atoms with Gasteiger partial charge in [0.25, 0.3) is 0 Å². The summed E-state index contributed by atoms with van der Waals surface area (Å²) in [6, 6.07) is 8.93. The second-order valence-electron chi connectivity index (χ2n) is 4.58. The van der Waals surface area contributed by atoms with Gasteiger partial charge in [-0.3, -0.25) is 4.98 Å². The van der Waals surface area contributed by atoms with Crippen LogP contribution < -0.4 is 5.73 Å². The first-order valence-corrected chi connectivity index (χ1v) is 6.95. The number of anilines is 1. The number of hydrogen-bond donors (Lipinski definition) is 1. The summed E-state index contributed by atoms with van der Waals surface area (Å²) in [6.45, 7) is 1.90. The fraction of sp³-hybridized carbons (Fsp3) is 0.0667. The number of aromatic nitrogens is 2. The SMILES string of the molecule is Cc1cc(-c2onc(N)c2-c2ccc(Cl)cc2Cl)ccn1. The van der Waals surface area contributed by atoms with Crippen molar-refractivity contribution in [2.24, 2.45) is 0 Å². The molecule has 2 aromatic heterocycles. The lowest BCUT2D eigenvalue weighted by Gasteiger charge is -2.06. The molecule has 4 nitrogen and oxygen atoms in total. The lowest BCUT2D eigenvalue weighted by atomic mass is 10.0. The Balaban J connectivity index is 2.22. The van der Waals surface area contributed by atoms with Crippen LogP contribution in [0.3, 0.4) is 0 Å². The van der Waals surface area contributed by atoms with E-state index < -0.39 is 0 Å². The van der Waals surface area contributed by atoms with Crippen molar-refractivity contribution in [3.8, 4) is 22.5 Å². The number of pyridine rings is 1. The number of rotatable bonds is 2. The summed E-state index contributed by atoms with van der Waals surface area (Å²) in [7, 11) is 0. The molecular weight excluding hydrogens is 309 g/mol. The molecule has 1 aromatic carbocycles. The molecule has 0 amide bonds. The van der Waals surface area contributed by atoms with Gasteiger partial charge in [-0.15, -0.1) is 0 Å². The smallest absolute Gasteiger partial charge is 0.177 e. The molecular formula is C15H11Cl2N3O. The van der Waals surface area contributed by atoms with Crippen LogP contribution in [-0.2, 0) is 0 Å². The van der Waals surface area contributed by atoms with Crippen LogP contribution in [0, 0.1) is 6.92 Å². The topological polar surface area (TPSA) is 64.9 Å². The molecule has 0 saturated heterocycles. The first-order valence-electron chi connectivity index (χ1n) is 6.20. The van der Waals surface area contributed by atoms with Crippen molar-refractivity contribution in [2.45, 2.75) is 6.92 Å². The largest absolute Gasteiger partial charge is 0.380 e. The van der Waals surface area contributed by atoms with Gasteiger partial charge in [0.2, 0.25) is 0 Å². The van der Waals surface area contributed by atoms with Gasteiger partial charge in [0, 0.05) is 28.0 Å². The molecule has 0 unspecified atom stereocenters. The molecule has 2 N–H and O–H groups in total. The van der Waals surface area contributed by atoms with Crippen LogP contribution >= 0.6 is 23.2 Å². The van der Waals surface area contributed by atoms with Gasteiger partial charge >= 0.3 is 0 Å². The summed E-state index contributed by atoms with van der Waals surface area (Å²) in [5, 5.41) is 4.90. The lowest BCUT2D eigenvalue weighted by Crippen LogP contribution is -1.90. The normalized spacial score (nSPS) is 10.8. The molecule has 0 bridgehead atoms. The second kappa shape index (κ2) is 5.39. The third-order valence-electron chi connectivity index (χ3n) is 3.08. The first kappa shape index (κ1) is 13.9. The minimum Gasteiger partial charge on any atom is -0.380 e. The van der Waals surface area contributed by atoms with Crippen molar-refractivity contribution in [1.29, 1.82) is 0 Å². The van der Waals surface area contributed by atoms with Crippen LogP contribution in [-0.4, -0.2) is 10.1 Å². The van der Waals surface area contributed by atoms with Crippen molar-refractivity contribution < 1.29 is 4.52 Å². The Morgan fingerprint density at radius 2 is 1.95 bits per heavy atom. The summed E-state index contributed by atoms with van der Waals surface area (Å²) >= 11 is 12.2. The van der Waals surface area contributed by atoms with Crippen molar-refractivity contribution in [3.05, 3.63) is 52.3 Å². The number of halogens is 2. The van der Waals surface area contributed by atoms with Gasteiger partial charge in [-0.05, 0) is 31.2 Å². The summed E-state index contributed by atoms with van der Waals surface area (Å²) < 4.78 is 5.38. The highest BCUT2D eigenvalue weighted by Gasteiger charge is 2.20. The van der Waals surface area contributed by atoms with Gasteiger partial charge in [-0.2, -0.15) is 0 Å². The zero-order valence-electron chi connectivity index (χ0n) is 11.1. The minimum absolute atomic E-state index is 0.281. The molecule has 0 fully saturated rings. The molecule has 0 radical (unpaired) electrons. The molecule has 0 aliphatic rings. The number of nitrogen functional groups attached to an aromatic ring is 1. The molecule has 0 atom stereocenters. The third kappa shape index (κ3) is 2.60. The Bertz CT molecular complexity index is 814. The van der Waals surface area contributed by atoms with Crippen LogP contribution in [0.4, 0.5) is 5.82 Å². The molecule has 106 valence electrons. The van der Waals surface area contributed by atoms with Gasteiger partial charge in [0.15, 0.2) is 11.6 Å². The minimum atomic E-state index is 0.281. The second-order valence-corrected chi connectivity index (χ2v) is 5.43. The monoisotopic (exact) mass is 319 g/mol. The number of aryl methyl sites for hydroxylation is 1. The fourth-order valence-electron chi connectivity index (χ4n) is 2.14. The van der Waals surface area contributed by atoms with E-state index in [1.54, 1.807) is 24.4 Å². The molecule has 0 aliphatic heterocycles. The van der Waals surface area contributed by atoms with Crippen LogP contribution in [0.15, 0.2) is 41.1 Å². The Labute approximate surface area is 131 Å². The van der Waals surface area contributed by atoms with Gasteiger partial charge in [0.05, 0.1) is 10.6 Å². The average molecular weight is 320 g/mol. The highest BCUT2D eigenvalue weighted by atomic mass is 35.5. The van der Waals surface area contributed by atoms with E-state index in [0.717, 1.165) is 16.8 Å². The maximum atomic E-state index is 6.26. The Morgan fingerprint density at radius 3 is 2.67 bits per heavy atom. The van der Waals surface area contributed by atoms with Crippen molar-refractivity contribution in [3.63, 3.8) is 0 Å². The maximum Gasteiger partial charge on any atom is 0.177 e. The van der Waals surface area contributed by atoms with Gasteiger partial charge in [-0.1, -0.05) is 34.4 Å². The Morgan fingerprint density at radius 1 is 1.14 bits per heavy atom. The van der Waals surface area contributed by atoms with Crippen molar-refractivity contribution in [2.75, 3.05) is 5.73 Å². The Hall–Kier alpha value is -2.04. The average Bonchev–Trinajstić information content (AvgIpc) is 2.81. The van der Waals surface area contributed by atoms with E-state index in [1.807, 2.05) is 19.1 Å². The van der Waals surface area contributed by atoms with Crippen LogP contribution in [0.1, 0.15) is 5.69 Å². The van der Waals surface area contributed by atoms with Crippen LogP contribution in [0.2, 0.25) is 10.0 Å². The quantitative estimate of drug-likeness (QED) is 0.749. The van der Waals surface area contributed by atoms with Gasteiger partial charge < -0.3 is 10.3 Å². The van der Waals surface area contributed by atoms with Crippen molar-refractivity contribution >= 4 is 29.0 Å². The highest BCUT2D eigenvalue weighted by molar-refractivity contribution is 6.36. The molecule has 6 heteroatoms. The molecule has 2 heterocycles. The maximum absolute atomic E-state index is 6.26. The summed E-state index contributed by atoms with van der Waals surface area (Å²) in [4.78, 5) is 4.17. The van der Waals surface area contributed by atoms with Crippen molar-refractivity contribution in [1.82, 2.24) is 10.1 Å². The Kier molecular flexibility index (Phi) is 3.57. The van der Waals surface area contributed by atoms with E-state index in [0.29, 0.717) is 21.4 Å². The zero-order chi connectivity index (χ0) is 15.0. The summed E-state index contributed by atoms with van der Waals surface area (Å²) in [5.41, 5.74) is 9.04. The molecule has 0 aliphatic carbocycles. The molecule has 3 rings (SSSR count). The third-order valence-corrected chi connectivity index (χ3v) is 3.63. The van der Waals surface area contributed by atoms with Crippen LogP contribution in [0.5, 0.6) is 0 Å². The van der Waals surface area contributed by atoms with E-state index in [-0.39, 0.29) is 5.82 Å². The molecule has 3 aromatic rings. The summed E-state index contributed by atoms with van der Waals surface area (Å²) in [5.74, 6) is 0.839. The predicted molar refractivity (Wildman–Crippen MR) is 84.3 cm³/mol. The van der Waals surface area contributed by atoms with E-state index in [1.165, 1.54) is 0 Å². The predicted octanol–water partition coefficient (Wildman–Crippen LogP) is 4.60. The molecule has 0 saturated carbocycles. The zero-order valence-corrected chi connectivity index (χ0v) is 12.6. The van der Waals surface area contributed by atoms with E-state index in [9.17, 15) is 0 Å². The standard InChI is InChI=1S/C15H11Cl2N3O/c1-8-6-9(4-5-19-8)14-13(15(18)20-21-14)11-3-2-10(16)7-12(11)17/h2-7H,1H3,(H2,18,20). The van der Waals surface area contributed by atoms with E-state index in [4.69, 9.17) is 33.5 Å². The molecule has 0 spiro atoms. The number of nitrogens with two attached hydrogens (primary N) is 1. The first-order chi connectivity index (χ1) is 10.1. The summed E-state index contributed by atoms with van der Waals surface area (Å²) in [6.07, 6.45) is 1.70.